The quantitative estimate of drug-likeness (QED) is 0.470. The number of halogens is 1. The van der Waals surface area contributed by atoms with E-state index in [0.717, 1.165) is 19.0 Å². The van der Waals surface area contributed by atoms with Crippen molar-refractivity contribution < 1.29 is 4.74 Å². The summed E-state index contributed by atoms with van der Waals surface area (Å²) in [6, 6.07) is 2.13. The Morgan fingerprint density at radius 3 is 2.94 bits per heavy atom. The molecule has 17 heavy (non-hydrogen) atoms. The van der Waals surface area contributed by atoms with Crippen molar-refractivity contribution in [3.63, 3.8) is 0 Å². The van der Waals surface area contributed by atoms with E-state index in [-0.39, 0.29) is 6.10 Å². The van der Waals surface area contributed by atoms with Crippen LogP contribution in [0.25, 0.3) is 0 Å². The third kappa shape index (κ3) is 3.03. The second-order valence-corrected chi connectivity index (χ2v) is 5.34. The maximum atomic E-state index is 6.01. The standard InChI is InChI=1S/C11H16ClN3OS/c1-7-6-16-8(2)5-15(7)10-4-9(12)13-11(14-10)17-3/h4,7-8H,5-6H2,1-3H3. The number of hydrogen-bond acceptors (Lipinski definition) is 5. The van der Waals surface area contributed by atoms with Crippen LogP contribution in [-0.2, 0) is 4.74 Å². The zero-order valence-electron chi connectivity index (χ0n) is 10.2. The number of thioether (sulfide) groups is 1. The Labute approximate surface area is 111 Å². The molecular formula is C11H16ClN3OS. The van der Waals surface area contributed by atoms with Crippen LogP contribution in [-0.4, -0.2) is 41.5 Å². The Kier molecular flexibility index (Phi) is 4.12. The topological polar surface area (TPSA) is 38.2 Å². The minimum Gasteiger partial charge on any atom is -0.375 e. The molecule has 2 heterocycles. The molecule has 0 aromatic carbocycles. The summed E-state index contributed by atoms with van der Waals surface area (Å²) in [4.78, 5) is 10.9. The van der Waals surface area contributed by atoms with Gasteiger partial charge < -0.3 is 9.64 Å². The van der Waals surface area contributed by atoms with Crippen LogP contribution in [0.4, 0.5) is 5.82 Å². The molecule has 1 aliphatic rings. The molecule has 2 unspecified atom stereocenters. The Bertz CT molecular complexity index is 404. The molecule has 0 amide bonds. The van der Waals surface area contributed by atoms with Crippen molar-refractivity contribution in [2.75, 3.05) is 24.3 Å². The molecule has 1 saturated heterocycles. The number of hydrogen-bond donors (Lipinski definition) is 0. The van der Waals surface area contributed by atoms with Gasteiger partial charge in [-0.2, -0.15) is 0 Å². The summed E-state index contributed by atoms with van der Waals surface area (Å²) in [5, 5.41) is 1.20. The zero-order chi connectivity index (χ0) is 12.4. The van der Waals surface area contributed by atoms with E-state index >= 15 is 0 Å². The van der Waals surface area contributed by atoms with Crippen LogP contribution >= 0.6 is 23.4 Å². The van der Waals surface area contributed by atoms with E-state index in [1.807, 2.05) is 12.3 Å². The van der Waals surface area contributed by atoms with E-state index in [1.54, 1.807) is 0 Å². The van der Waals surface area contributed by atoms with Gasteiger partial charge in [0.15, 0.2) is 5.16 Å². The molecule has 94 valence electrons. The lowest BCUT2D eigenvalue weighted by Gasteiger charge is -2.37. The summed E-state index contributed by atoms with van der Waals surface area (Å²) in [5.41, 5.74) is 0. The molecular weight excluding hydrogens is 258 g/mol. The van der Waals surface area contributed by atoms with E-state index in [0.29, 0.717) is 16.4 Å². The Morgan fingerprint density at radius 1 is 1.47 bits per heavy atom. The summed E-state index contributed by atoms with van der Waals surface area (Å²) < 4.78 is 5.61. The van der Waals surface area contributed by atoms with Gasteiger partial charge in [-0.3, -0.25) is 0 Å². The maximum absolute atomic E-state index is 6.01. The fourth-order valence-electron chi connectivity index (χ4n) is 1.85. The first-order valence-corrected chi connectivity index (χ1v) is 7.17. The monoisotopic (exact) mass is 273 g/mol. The van der Waals surface area contributed by atoms with E-state index in [2.05, 4.69) is 28.7 Å². The minimum absolute atomic E-state index is 0.220. The zero-order valence-corrected chi connectivity index (χ0v) is 11.8. The smallest absolute Gasteiger partial charge is 0.190 e. The average molecular weight is 274 g/mol. The predicted octanol–water partition coefficient (Wildman–Crippen LogP) is 2.47. The first kappa shape index (κ1) is 12.9. The van der Waals surface area contributed by atoms with Crippen molar-refractivity contribution in [3.05, 3.63) is 11.2 Å². The van der Waals surface area contributed by atoms with Gasteiger partial charge in [0, 0.05) is 12.6 Å². The molecule has 0 saturated carbocycles. The second-order valence-electron chi connectivity index (χ2n) is 4.18. The number of aromatic nitrogens is 2. The third-order valence-corrected chi connectivity index (χ3v) is 3.49. The van der Waals surface area contributed by atoms with Crippen LogP contribution in [0.1, 0.15) is 13.8 Å². The third-order valence-electron chi connectivity index (χ3n) is 2.75. The fourth-order valence-corrected chi connectivity index (χ4v) is 2.45. The molecule has 4 nitrogen and oxygen atoms in total. The second kappa shape index (κ2) is 5.42. The van der Waals surface area contributed by atoms with Gasteiger partial charge in [0.1, 0.15) is 11.0 Å². The highest BCUT2D eigenvalue weighted by atomic mass is 35.5. The van der Waals surface area contributed by atoms with E-state index in [4.69, 9.17) is 16.3 Å². The molecule has 2 rings (SSSR count). The summed E-state index contributed by atoms with van der Waals surface area (Å²) in [7, 11) is 0. The van der Waals surface area contributed by atoms with Gasteiger partial charge in [0.2, 0.25) is 0 Å². The van der Waals surface area contributed by atoms with Crippen molar-refractivity contribution in [3.8, 4) is 0 Å². The molecule has 6 heteroatoms. The van der Waals surface area contributed by atoms with Crippen LogP contribution in [0.3, 0.4) is 0 Å². The van der Waals surface area contributed by atoms with Crippen LogP contribution in [0.5, 0.6) is 0 Å². The van der Waals surface area contributed by atoms with Gasteiger partial charge in [-0.15, -0.1) is 0 Å². The van der Waals surface area contributed by atoms with E-state index < -0.39 is 0 Å². The first-order valence-electron chi connectivity index (χ1n) is 5.57. The molecule has 1 aromatic rings. The molecule has 0 aliphatic carbocycles. The highest BCUT2D eigenvalue weighted by Gasteiger charge is 2.25. The molecule has 0 spiro atoms. The Balaban J connectivity index is 2.28. The number of anilines is 1. The molecule has 0 N–H and O–H groups in total. The highest BCUT2D eigenvalue weighted by molar-refractivity contribution is 7.98. The van der Waals surface area contributed by atoms with E-state index in [9.17, 15) is 0 Å². The highest BCUT2D eigenvalue weighted by Crippen LogP contribution is 2.24. The van der Waals surface area contributed by atoms with Crippen molar-refractivity contribution >= 4 is 29.2 Å². The molecule has 2 atom stereocenters. The summed E-state index contributed by atoms with van der Waals surface area (Å²) >= 11 is 7.51. The number of rotatable bonds is 2. The van der Waals surface area contributed by atoms with Gasteiger partial charge in [0.05, 0.1) is 18.8 Å². The number of ether oxygens (including phenoxy) is 1. The van der Waals surface area contributed by atoms with Gasteiger partial charge in [-0.1, -0.05) is 23.4 Å². The SMILES string of the molecule is CSc1nc(Cl)cc(N2CC(C)OCC2C)n1. The lowest BCUT2D eigenvalue weighted by Crippen LogP contribution is -2.47. The van der Waals surface area contributed by atoms with Crippen molar-refractivity contribution in [2.24, 2.45) is 0 Å². The molecule has 1 fully saturated rings. The predicted molar refractivity (Wildman–Crippen MR) is 71.0 cm³/mol. The summed E-state index contributed by atoms with van der Waals surface area (Å²) in [6.07, 6.45) is 2.17. The van der Waals surface area contributed by atoms with Crippen LogP contribution in [0, 0.1) is 0 Å². The van der Waals surface area contributed by atoms with Crippen molar-refractivity contribution in [1.82, 2.24) is 9.97 Å². The Hall–Kier alpha value is -0.520. The average Bonchev–Trinajstić information content (AvgIpc) is 2.31. The summed E-state index contributed by atoms with van der Waals surface area (Å²) in [6.45, 7) is 5.75. The number of nitrogens with zero attached hydrogens (tertiary/aromatic N) is 3. The summed E-state index contributed by atoms with van der Waals surface area (Å²) in [5.74, 6) is 0.886. The molecule has 1 aliphatic heterocycles. The van der Waals surface area contributed by atoms with Gasteiger partial charge in [-0.25, -0.2) is 9.97 Å². The Morgan fingerprint density at radius 2 is 2.24 bits per heavy atom. The van der Waals surface area contributed by atoms with Gasteiger partial charge >= 0.3 is 0 Å². The number of morpholine rings is 1. The van der Waals surface area contributed by atoms with Gasteiger partial charge in [-0.05, 0) is 20.1 Å². The van der Waals surface area contributed by atoms with Crippen molar-refractivity contribution in [2.45, 2.75) is 31.1 Å². The lowest BCUT2D eigenvalue weighted by molar-refractivity contribution is 0.0340. The largest absolute Gasteiger partial charge is 0.375 e. The normalized spacial score (nSPS) is 25.1. The lowest BCUT2D eigenvalue weighted by atomic mass is 10.2. The van der Waals surface area contributed by atoms with Crippen molar-refractivity contribution in [1.29, 1.82) is 0 Å². The van der Waals surface area contributed by atoms with Crippen LogP contribution < -0.4 is 4.90 Å². The first-order chi connectivity index (χ1) is 8.10. The van der Waals surface area contributed by atoms with Crippen LogP contribution in [0.2, 0.25) is 5.15 Å². The molecule has 1 aromatic heterocycles. The molecule has 0 radical (unpaired) electrons. The molecule has 0 bridgehead atoms. The van der Waals surface area contributed by atoms with Gasteiger partial charge in [0.25, 0.3) is 0 Å². The van der Waals surface area contributed by atoms with Crippen LogP contribution in [0.15, 0.2) is 11.2 Å². The fraction of sp³-hybridized carbons (Fsp3) is 0.636. The van der Waals surface area contributed by atoms with E-state index in [1.165, 1.54) is 11.8 Å². The minimum atomic E-state index is 0.220. The maximum Gasteiger partial charge on any atom is 0.190 e.